The van der Waals surface area contributed by atoms with Crippen LogP contribution in [0.4, 0.5) is 5.82 Å². The minimum atomic E-state index is -5.71. The molecule has 0 aromatic carbocycles. The zero-order valence-corrected chi connectivity index (χ0v) is 17.5. The van der Waals surface area contributed by atoms with Crippen LogP contribution in [-0.2, 0) is 31.6 Å². The maximum Gasteiger partial charge on any atom is 0.490 e. The lowest BCUT2D eigenvalue weighted by molar-refractivity contribution is -0.0955. The second-order valence-electron chi connectivity index (χ2n) is 5.89. The monoisotopic (exact) mass is 493 g/mol. The van der Waals surface area contributed by atoms with Gasteiger partial charge in [0.15, 0.2) is 0 Å². The smallest absolute Gasteiger partial charge is 0.389 e. The number of phosphoric acid groups is 3. The fourth-order valence-electron chi connectivity index (χ4n) is 2.44. The highest BCUT2D eigenvalue weighted by Crippen LogP contribution is 2.66. The van der Waals surface area contributed by atoms with E-state index in [2.05, 4.69) is 24.7 Å². The van der Waals surface area contributed by atoms with Crippen LogP contribution in [0.2, 0.25) is 0 Å². The van der Waals surface area contributed by atoms with Crippen LogP contribution in [0.15, 0.2) is 29.7 Å². The second-order valence-corrected chi connectivity index (χ2v) is 10.3. The Kier molecular flexibility index (Phi) is 7.26. The molecule has 5 atom stereocenters. The molecule has 1 aliphatic heterocycles. The predicted molar refractivity (Wildman–Crippen MR) is 96.4 cm³/mol. The van der Waals surface area contributed by atoms with Crippen molar-refractivity contribution in [2.24, 2.45) is 0 Å². The van der Waals surface area contributed by atoms with E-state index in [-0.39, 0.29) is 12.2 Å². The first-order valence-corrected chi connectivity index (χ1v) is 12.2. The van der Waals surface area contributed by atoms with E-state index >= 15 is 0 Å². The van der Waals surface area contributed by atoms with Gasteiger partial charge in [0.25, 0.3) is 0 Å². The number of aliphatic hydroxyl groups excluding tert-OH is 1. The summed E-state index contributed by atoms with van der Waals surface area (Å²) in [4.78, 5) is 51.1. The van der Waals surface area contributed by atoms with Gasteiger partial charge in [0, 0.05) is 12.6 Å². The highest BCUT2D eigenvalue weighted by Gasteiger charge is 2.49. The molecule has 2 heterocycles. The molecule has 16 nitrogen and oxygen atoms in total. The minimum absolute atomic E-state index is 0.0579. The quantitative estimate of drug-likeness (QED) is 0.185. The maximum atomic E-state index is 11.9. The van der Waals surface area contributed by atoms with E-state index < -0.39 is 53.7 Å². The molecule has 2 rings (SSSR count). The standard InChI is InChI=1S/C11H18N3O13P3/c1-2-11(6-24-29(20,21)27-30(22,23)26-28(17,18)19)7(15)5-9(25-11)14-4-3-8(12)13-10(14)16/h2-4,7,9,15H,1,5-6H2,(H,20,21)(H,22,23)(H2,12,13,16)(H2,17,18,19)/t7-,9+,11+/m0/s1. The lowest BCUT2D eigenvalue weighted by atomic mass is 9.98. The third kappa shape index (κ3) is 6.37. The molecule has 1 aromatic rings. The SMILES string of the molecule is C=C[C@]1(COP(=O)(O)OP(=O)(O)OP(=O)(O)O)O[C@@H](n2ccc(N)nc2=O)C[C@@H]1O. The van der Waals surface area contributed by atoms with Crippen LogP contribution >= 0.6 is 23.5 Å². The van der Waals surface area contributed by atoms with Gasteiger partial charge in [-0.2, -0.15) is 13.6 Å². The number of nitrogens with zero attached hydrogens (tertiary/aromatic N) is 2. The van der Waals surface area contributed by atoms with Gasteiger partial charge in [0.2, 0.25) is 0 Å². The zero-order valence-electron chi connectivity index (χ0n) is 14.8. The summed E-state index contributed by atoms with van der Waals surface area (Å²) in [6, 6.07) is 1.29. The second kappa shape index (κ2) is 8.71. The Bertz CT molecular complexity index is 1010. The Morgan fingerprint density at radius 3 is 2.47 bits per heavy atom. The average molecular weight is 493 g/mol. The Labute approximate surface area is 168 Å². The summed E-state index contributed by atoms with van der Waals surface area (Å²) in [5, 5.41) is 10.3. The molecule has 0 aliphatic carbocycles. The molecule has 7 N–H and O–H groups in total. The molecule has 1 fully saturated rings. The summed E-state index contributed by atoms with van der Waals surface area (Å²) in [6.07, 6.45) is -0.515. The van der Waals surface area contributed by atoms with Crippen molar-refractivity contribution in [2.75, 3.05) is 12.3 Å². The maximum absolute atomic E-state index is 11.9. The van der Waals surface area contributed by atoms with Crippen LogP contribution < -0.4 is 11.4 Å². The van der Waals surface area contributed by atoms with Crippen molar-refractivity contribution in [1.29, 1.82) is 0 Å². The number of aliphatic hydroxyl groups is 1. The van der Waals surface area contributed by atoms with E-state index in [1.165, 1.54) is 12.3 Å². The molecule has 30 heavy (non-hydrogen) atoms. The third-order valence-electron chi connectivity index (χ3n) is 3.72. The summed E-state index contributed by atoms with van der Waals surface area (Å²) in [5.74, 6) is -0.0579. The van der Waals surface area contributed by atoms with Crippen LogP contribution in [-0.4, -0.2) is 52.5 Å². The molecule has 0 spiro atoms. The summed E-state index contributed by atoms with van der Waals surface area (Å²) in [6.45, 7) is 2.44. The fraction of sp³-hybridized carbons (Fsp3) is 0.455. The van der Waals surface area contributed by atoms with E-state index in [0.717, 1.165) is 10.6 Å². The number of aromatic nitrogens is 2. The molecule has 170 valence electrons. The van der Waals surface area contributed by atoms with Gasteiger partial charge in [0.05, 0.1) is 12.7 Å². The Hall–Kier alpha value is -1.25. The Morgan fingerprint density at radius 2 is 1.93 bits per heavy atom. The highest BCUT2D eigenvalue weighted by molar-refractivity contribution is 7.66. The largest absolute Gasteiger partial charge is 0.490 e. The first kappa shape index (κ1) is 25.0. The van der Waals surface area contributed by atoms with Gasteiger partial charge >= 0.3 is 29.2 Å². The molecule has 0 bridgehead atoms. The lowest BCUT2D eigenvalue weighted by Crippen LogP contribution is -2.41. The number of hydrogen-bond acceptors (Lipinski definition) is 11. The van der Waals surface area contributed by atoms with Gasteiger partial charge in [-0.1, -0.05) is 6.08 Å². The van der Waals surface area contributed by atoms with Crippen LogP contribution in [0, 0.1) is 0 Å². The van der Waals surface area contributed by atoms with Crippen molar-refractivity contribution in [3.05, 3.63) is 35.4 Å². The molecular weight excluding hydrogens is 475 g/mol. The average Bonchev–Trinajstić information content (AvgIpc) is 2.86. The first-order chi connectivity index (χ1) is 13.6. The molecule has 0 radical (unpaired) electrons. The van der Waals surface area contributed by atoms with Gasteiger partial charge in [-0.05, 0) is 6.07 Å². The van der Waals surface area contributed by atoms with Gasteiger partial charge in [-0.25, -0.2) is 18.5 Å². The number of rotatable bonds is 9. The summed E-state index contributed by atoms with van der Waals surface area (Å²) >= 11 is 0. The molecular formula is C11H18N3O13P3. The third-order valence-corrected chi connectivity index (χ3v) is 7.50. The summed E-state index contributed by atoms with van der Waals surface area (Å²) in [5.41, 5.74) is 2.71. The topological polar surface area (TPSA) is 250 Å². The molecule has 1 aromatic heterocycles. The Balaban J connectivity index is 2.14. The molecule has 0 saturated carbocycles. The van der Waals surface area contributed by atoms with E-state index in [4.69, 9.17) is 25.2 Å². The van der Waals surface area contributed by atoms with Crippen molar-refractivity contribution in [2.45, 2.75) is 24.4 Å². The van der Waals surface area contributed by atoms with Gasteiger partial charge < -0.3 is 35.2 Å². The van der Waals surface area contributed by atoms with Gasteiger partial charge in [-0.15, -0.1) is 6.58 Å². The van der Waals surface area contributed by atoms with Crippen LogP contribution in [0.5, 0.6) is 0 Å². The van der Waals surface area contributed by atoms with E-state index in [1.807, 2.05) is 0 Å². The number of phosphoric ester groups is 1. The number of nitrogen functional groups attached to an aromatic ring is 1. The van der Waals surface area contributed by atoms with E-state index in [1.54, 1.807) is 0 Å². The zero-order chi connectivity index (χ0) is 23.0. The van der Waals surface area contributed by atoms with Crippen LogP contribution in [0.3, 0.4) is 0 Å². The van der Waals surface area contributed by atoms with Crippen LogP contribution in [0.25, 0.3) is 0 Å². The minimum Gasteiger partial charge on any atom is -0.389 e. The molecule has 1 aliphatic rings. The van der Waals surface area contributed by atoms with Gasteiger partial charge in [0.1, 0.15) is 17.6 Å². The first-order valence-electron chi connectivity index (χ1n) is 7.70. The van der Waals surface area contributed by atoms with Crippen molar-refractivity contribution in [1.82, 2.24) is 9.55 Å². The number of hydrogen-bond donors (Lipinski definition) is 6. The molecule has 0 amide bonds. The fourth-order valence-corrected chi connectivity index (χ4v) is 5.50. The van der Waals surface area contributed by atoms with Crippen molar-refractivity contribution in [3.63, 3.8) is 0 Å². The molecule has 1 saturated heterocycles. The van der Waals surface area contributed by atoms with Gasteiger partial charge in [-0.3, -0.25) is 9.09 Å². The number of anilines is 1. The lowest BCUT2D eigenvalue weighted by Gasteiger charge is -2.29. The van der Waals surface area contributed by atoms with Crippen molar-refractivity contribution >= 4 is 29.3 Å². The summed E-state index contributed by atoms with van der Waals surface area (Å²) in [7, 11) is -16.7. The Morgan fingerprint density at radius 1 is 1.30 bits per heavy atom. The molecule has 19 heteroatoms. The van der Waals surface area contributed by atoms with Crippen molar-refractivity contribution < 1.29 is 56.3 Å². The predicted octanol–water partition coefficient (Wildman–Crippen LogP) is -0.627. The van der Waals surface area contributed by atoms with E-state index in [9.17, 15) is 28.5 Å². The van der Waals surface area contributed by atoms with Crippen LogP contribution in [0.1, 0.15) is 12.6 Å². The normalized spacial score (nSPS) is 28.6. The molecule has 2 unspecified atom stereocenters. The van der Waals surface area contributed by atoms with Crippen molar-refractivity contribution in [3.8, 4) is 0 Å². The van der Waals surface area contributed by atoms with E-state index in [0.29, 0.717) is 0 Å². The summed E-state index contributed by atoms with van der Waals surface area (Å²) < 4.78 is 52.1. The number of ether oxygens (including phenoxy) is 1. The number of nitrogens with two attached hydrogens (primary N) is 1. The highest BCUT2D eigenvalue weighted by atomic mass is 31.3.